The van der Waals surface area contributed by atoms with Crippen molar-refractivity contribution in [2.24, 2.45) is 5.41 Å². The van der Waals surface area contributed by atoms with Crippen LogP contribution in [-0.2, 0) is 9.59 Å². The Balaban J connectivity index is 2.42. The van der Waals surface area contributed by atoms with E-state index in [9.17, 15) is 9.59 Å². The molecule has 0 spiro atoms. The van der Waals surface area contributed by atoms with E-state index in [1.54, 1.807) is 13.0 Å². The van der Waals surface area contributed by atoms with Crippen LogP contribution in [0.3, 0.4) is 0 Å². The van der Waals surface area contributed by atoms with Crippen LogP contribution in [0, 0.1) is 5.41 Å². The quantitative estimate of drug-likeness (QED) is 0.639. The molecule has 1 atom stereocenters. The lowest BCUT2D eigenvalue weighted by molar-refractivity contribution is -0.127. The number of hydrogen-bond acceptors (Lipinski definition) is 3. The Morgan fingerprint density at radius 3 is 2.52 bits per heavy atom. The second-order valence-corrected chi connectivity index (χ2v) is 6.33. The summed E-state index contributed by atoms with van der Waals surface area (Å²) in [6.07, 6.45) is 3.72. The summed E-state index contributed by atoms with van der Waals surface area (Å²) in [4.78, 5) is 23.8. The zero-order valence-corrected chi connectivity index (χ0v) is 14.0. The Hall–Kier alpha value is -2.14. The highest BCUT2D eigenvalue weighted by molar-refractivity contribution is 5.95. The van der Waals surface area contributed by atoms with Gasteiger partial charge >= 0.3 is 0 Å². The van der Waals surface area contributed by atoms with Gasteiger partial charge in [0, 0.05) is 19.2 Å². The second kappa shape index (κ2) is 9.10. The van der Waals surface area contributed by atoms with Gasteiger partial charge in [-0.15, -0.1) is 0 Å². The van der Waals surface area contributed by atoms with Crippen LogP contribution in [0.2, 0.25) is 0 Å². The van der Waals surface area contributed by atoms with Crippen molar-refractivity contribution in [3.05, 3.63) is 42.0 Å². The van der Waals surface area contributed by atoms with E-state index in [0.29, 0.717) is 13.0 Å². The van der Waals surface area contributed by atoms with Crippen LogP contribution in [0.1, 0.15) is 32.8 Å². The van der Waals surface area contributed by atoms with Crippen molar-refractivity contribution in [2.45, 2.75) is 33.2 Å². The fourth-order valence-corrected chi connectivity index (χ4v) is 1.93. The first kappa shape index (κ1) is 18.9. The van der Waals surface area contributed by atoms with E-state index in [1.807, 2.05) is 44.2 Å². The minimum Gasteiger partial charge on any atom is -0.396 e. The molecule has 0 aromatic heterocycles. The summed E-state index contributed by atoms with van der Waals surface area (Å²) < 4.78 is 0. The fourth-order valence-electron chi connectivity index (χ4n) is 1.93. The molecule has 1 aromatic rings. The van der Waals surface area contributed by atoms with Crippen molar-refractivity contribution in [1.29, 1.82) is 0 Å². The van der Waals surface area contributed by atoms with Crippen molar-refractivity contribution < 1.29 is 14.7 Å². The number of carbonyl (C=O) groups excluding carboxylic acids is 2. The predicted molar refractivity (Wildman–Crippen MR) is 91.6 cm³/mol. The van der Waals surface area contributed by atoms with Gasteiger partial charge in [-0.25, -0.2) is 0 Å². The van der Waals surface area contributed by atoms with Crippen LogP contribution in [0.5, 0.6) is 0 Å². The average Bonchev–Trinajstić information content (AvgIpc) is 2.51. The molecule has 23 heavy (non-hydrogen) atoms. The lowest BCUT2D eigenvalue weighted by Gasteiger charge is -2.25. The van der Waals surface area contributed by atoms with Crippen LogP contribution in [0.15, 0.2) is 36.4 Å². The number of hydrogen-bond donors (Lipinski definition) is 3. The summed E-state index contributed by atoms with van der Waals surface area (Å²) in [6, 6.07) is 8.85. The highest BCUT2D eigenvalue weighted by Gasteiger charge is 2.20. The van der Waals surface area contributed by atoms with Crippen molar-refractivity contribution in [3.63, 3.8) is 0 Å². The molecule has 1 unspecified atom stereocenters. The van der Waals surface area contributed by atoms with Gasteiger partial charge in [0.05, 0.1) is 0 Å². The first-order valence-corrected chi connectivity index (χ1v) is 7.76. The van der Waals surface area contributed by atoms with E-state index in [0.717, 1.165) is 5.56 Å². The lowest BCUT2D eigenvalue weighted by Crippen LogP contribution is -2.46. The van der Waals surface area contributed by atoms with Gasteiger partial charge in [-0.3, -0.25) is 9.59 Å². The van der Waals surface area contributed by atoms with E-state index in [-0.39, 0.29) is 23.8 Å². The number of rotatable bonds is 8. The third-order valence-corrected chi connectivity index (χ3v) is 3.51. The number of aliphatic hydroxyl groups is 1. The Morgan fingerprint density at radius 2 is 1.91 bits per heavy atom. The Bertz CT molecular complexity index is 538. The Morgan fingerprint density at radius 1 is 1.26 bits per heavy atom. The molecule has 0 saturated carbocycles. The minimum absolute atomic E-state index is 0.0828. The molecule has 1 rings (SSSR count). The third-order valence-electron chi connectivity index (χ3n) is 3.51. The van der Waals surface area contributed by atoms with Crippen molar-refractivity contribution in [2.75, 3.05) is 13.2 Å². The average molecular weight is 318 g/mol. The van der Waals surface area contributed by atoms with Crippen molar-refractivity contribution >= 4 is 17.9 Å². The summed E-state index contributed by atoms with van der Waals surface area (Å²) in [5.74, 6) is -0.552. The van der Waals surface area contributed by atoms with Gasteiger partial charge in [0.15, 0.2) is 0 Å². The molecule has 0 saturated heterocycles. The topological polar surface area (TPSA) is 78.4 Å². The lowest BCUT2D eigenvalue weighted by atomic mass is 9.90. The maximum atomic E-state index is 12.0. The highest BCUT2D eigenvalue weighted by Crippen LogP contribution is 2.17. The van der Waals surface area contributed by atoms with E-state index in [1.165, 1.54) is 6.08 Å². The molecular formula is C18H26N2O3. The van der Waals surface area contributed by atoms with Crippen molar-refractivity contribution in [1.82, 2.24) is 10.6 Å². The summed E-state index contributed by atoms with van der Waals surface area (Å²) in [7, 11) is 0. The first-order valence-electron chi connectivity index (χ1n) is 7.76. The Labute approximate surface area is 137 Å². The van der Waals surface area contributed by atoms with E-state index in [4.69, 9.17) is 5.11 Å². The summed E-state index contributed by atoms with van der Waals surface area (Å²) >= 11 is 0. The van der Waals surface area contributed by atoms with Crippen molar-refractivity contribution in [3.8, 4) is 0 Å². The van der Waals surface area contributed by atoms with E-state index in [2.05, 4.69) is 10.6 Å². The van der Waals surface area contributed by atoms with E-state index < -0.39 is 6.04 Å². The minimum atomic E-state index is -0.618. The first-order chi connectivity index (χ1) is 10.8. The maximum Gasteiger partial charge on any atom is 0.244 e. The number of aliphatic hydroxyl groups excluding tert-OH is 1. The molecule has 2 amide bonds. The molecule has 5 nitrogen and oxygen atoms in total. The molecule has 3 N–H and O–H groups in total. The summed E-state index contributed by atoms with van der Waals surface area (Å²) in [5, 5.41) is 14.4. The molecule has 0 aliphatic heterocycles. The molecule has 0 aliphatic rings. The van der Waals surface area contributed by atoms with Gasteiger partial charge in [0.25, 0.3) is 0 Å². The monoisotopic (exact) mass is 318 g/mol. The molecule has 0 bridgehead atoms. The number of carbonyl (C=O) groups is 2. The number of benzene rings is 1. The standard InChI is InChI=1S/C18H26N2O3/c1-14(17(23)19-13-18(2,3)11-12-21)20-16(22)10-9-15-7-5-4-6-8-15/h4-10,14,21H,11-13H2,1-3H3,(H,19,23)(H,20,22)/b10-9+. The zero-order valence-electron chi connectivity index (χ0n) is 14.0. The summed E-state index contributed by atoms with van der Waals surface area (Å²) in [6.45, 7) is 6.11. The van der Waals surface area contributed by atoms with Crippen LogP contribution >= 0.6 is 0 Å². The molecule has 0 fully saturated rings. The highest BCUT2D eigenvalue weighted by atomic mass is 16.3. The van der Waals surface area contributed by atoms with Gasteiger partial charge in [-0.1, -0.05) is 44.2 Å². The normalized spacial score (nSPS) is 12.9. The van der Waals surface area contributed by atoms with Gasteiger partial charge in [0.2, 0.25) is 11.8 Å². The van der Waals surface area contributed by atoms with E-state index >= 15 is 0 Å². The molecule has 0 radical (unpaired) electrons. The fraction of sp³-hybridized carbons (Fsp3) is 0.444. The smallest absolute Gasteiger partial charge is 0.244 e. The van der Waals surface area contributed by atoms with Gasteiger partial charge in [-0.2, -0.15) is 0 Å². The van der Waals surface area contributed by atoms with Crippen LogP contribution < -0.4 is 10.6 Å². The van der Waals surface area contributed by atoms with Crippen LogP contribution in [0.4, 0.5) is 0 Å². The van der Waals surface area contributed by atoms with Crippen LogP contribution in [-0.4, -0.2) is 36.1 Å². The molecule has 0 aliphatic carbocycles. The predicted octanol–water partition coefficient (Wildman–Crippen LogP) is 1.73. The van der Waals surface area contributed by atoms with Crippen LogP contribution in [0.25, 0.3) is 6.08 Å². The van der Waals surface area contributed by atoms with Gasteiger partial charge in [0.1, 0.15) is 6.04 Å². The number of amides is 2. The summed E-state index contributed by atoms with van der Waals surface area (Å²) in [5.41, 5.74) is 0.743. The zero-order chi connectivity index (χ0) is 17.3. The third kappa shape index (κ3) is 7.61. The second-order valence-electron chi connectivity index (χ2n) is 6.33. The molecule has 126 valence electrons. The molecule has 5 heteroatoms. The maximum absolute atomic E-state index is 12.0. The molecule has 0 heterocycles. The van der Waals surface area contributed by atoms with Gasteiger partial charge in [-0.05, 0) is 30.4 Å². The Kier molecular flexibility index (Phi) is 7.48. The SMILES string of the molecule is CC(NC(=O)/C=C/c1ccccc1)C(=O)NCC(C)(C)CCO. The largest absolute Gasteiger partial charge is 0.396 e. The molecule has 1 aromatic carbocycles. The molecular weight excluding hydrogens is 292 g/mol. The van der Waals surface area contributed by atoms with Gasteiger partial charge < -0.3 is 15.7 Å². The number of nitrogens with one attached hydrogen (secondary N) is 2.